The van der Waals surface area contributed by atoms with E-state index in [2.05, 4.69) is 38.9 Å². The molecule has 4 rings (SSSR count). The lowest BCUT2D eigenvalue weighted by Crippen LogP contribution is -2.41. The zero-order valence-corrected chi connectivity index (χ0v) is 16.1. The maximum atomic E-state index is 10.8. The Bertz CT molecular complexity index is 976. The van der Waals surface area contributed by atoms with Crippen molar-refractivity contribution in [3.05, 3.63) is 59.8 Å². The van der Waals surface area contributed by atoms with Crippen molar-refractivity contribution in [3.63, 3.8) is 0 Å². The van der Waals surface area contributed by atoms with Gasteiger partial charge in [-0.3, -0.25) is 9.48 Å². The molecule has 0 spiro atoms. The molecule has 0 amide bonds. The topological polar surface area (TPSA) is 53.4 Å². The van der Waals surface area contributed by atoms with Gasteiger partial charge in [-0.25, -0.2) is 0 Å². The van der Waals surface area contributed by atoms with Gasteiger partial charge in [-0.2, -0.15) is 5.10 Å². The molecular formula is C21H23BN2O3. The Morgan fingerprint density at radius 3 is 2.33 bits per heavy atom. The van der Waals surface area contributed by atoms with Gasteiger partial charge in [0, 0.05) is 10.9 Å². The predicted octanol–water partition coefficient (Wildman–Crippen LogP) is 3.20. The summed E-state index contributed by atoms with van der Waals surface area (Å²) in [5, 5.41) is 5.60. The molecule has 138 valence electrons. The van der Waals surface area contributed by atoms with Gasteiger partial charge in [-0.05, 0) is 44.8 Å². The monoisotopic (exact) mass is 362 g/mol. The number of hydrogen-bond donors (Lipinski definition) is 0. The summed E-state index contributed by atoms with van der Waals surface area (Å²) in [7, 11) is -0.414. The summed E-state index contributed by atoms with van der Waals surface area (Å²) >= 11 is 0. The lowest BCUT2D eigenvalue weighted by molar-refractivity contribution is 0.00578. The molecule has 0 saturated carbocycles. The predicted molar refractivity (Wildman–Crippen MR) is 106 cm³/mol. The smallest absolute Gasteiger partial charge is 0.399 e. The maximum absolute atomic E-state index is 10.8. The van der Waals surface area contributed by atoms with Crippen LogP contribution in [-0.4, -0.2) is 34.4 Å². The molecule has 2 heterocycles. The minimum atomic E-state index is -0.414. The summed E-state index contributed by atoms with van der Waals surface area (Å²) in [5.41, 5.74) is 3.03. The third-order valence-corrected chi connectivity index (χ3v) is 5.68. The molecule has 0 bridgehead atoms. The van der Waals surface area contributed by atoms with Crippen LogP contribution in [0.15, 0.2) is 48.7 Å². The highest BCUT2D eigenvalue weighted by Crippen LogP contribution is 2.37. The van der Waals surface area contributed by atoms with Crippen LogP contribution in [0, 0.1) is 0 Å². The highest BCUT2D eigenvalue weighted by Gasteiger charge is 2.52. The second kappa shape index (κ2) is 6.32. The van der Waals surface area contributed by atoms with Gasteiger partial charge in [0.15, 0.2) is 0 Å². The van der Waals surface area contributed by atoms with Crippen molar-refractivity contribution < 1.29 is 14.1 Å². The van der Waals surface area contributed by atoms with E-state index in [9.17, 15) is 4.79 Å². The molecule has 1 aliphatic heterocycles. The van der Waals surface area contributed by atoms with Crippen molar-refractivity contribution >= 4 is 29.8 Å². The Balaban J connectivity index is 1.67. The molecule has 0 N–H and O–H groups in total. The van der Waals surface area contributed by atoms with E-state index in [4.69, 9.17) is 9.31 Å². The summed E-state index contributed by atoms with van der Waals surface area (Å²) in [4.78, 5) is 10.8. The zero-order chi connectivity index (χ0) is 19.2. The fraction of sp³-hybridized carbons (Fsp3) is 0.333. The van der Waals surface area contributed by atoms with Crippen molar-refractivity contribution in [2.75, 3.05) is 0 Å². The standard InChI is InChI=1S/C21H23BN2O3/c1-20(2)21(3,4)27-22(26-20)18-6-5-7-19-17(18)12-23-24(19)13-15-8-10-16(14-25)11-9-15/h5-12,14H,13H2,1-4H3. The van der Waals surface area contributed by atoms with Gasteiger partial charge in [0.2, 0.25) is 0 Å². The van der Waals surface area contributed by atoms with Gasteiger partial charge >= 0.3 is 7.12 Å². The number of carbonyl (C=O) groups is 1. The van der Waals surface area contributed by atoms with E-state index < -0.39 is 7.12 Å². The van der Waals surface area contributed by atoms with Crippen LogP contribution in [0.5, 0.6) is 0 Å². The molecule has 3 aromatic rings. The SMILES string of the molecule is CC1(C)OB(c2cccc3c2cnn3Cc2ccc(C=O)cc2)OC1(C)C. The van der Waals surface area contributed by atoms with E-state index in [1.807, 2.05) is 47.3 Å². The van der Waals surface area contributed by atoms with Crippen molar-refractivity contribution in [2.24, 2.45) is 0 Å². The van der Waals surface area contributed by atoms with Crippen LogP contribution in [0.2, 0.25) is 0 Å². The Morgan fingerprint density at radius 1 is 1.04 bits per heavy atom. The maximum Gasteiger partial charge on any atom is 0.495 e. The highest BCUT2D eigenvalue weighted by molar-refractivity contribution is 6.65. The van der Waals surface area contributed by atoms with Crippen molar-refractivity contribution in [3.8, 4) is 0 Å². The first-order valence-electron chi connectivity index (χ1n) is 9.15. The average molecular weight is 362 g/mol. The van der Waals surface area contributed by atoms with Crippen LogP contribution in [0.4, 0.5) is 0 Å². The molecule has 0 atom stereocenters. The number of benzene rings is 2. The molecule has 0 aliphatic carbocycles. The number of nitrogens with zero attached hydrogens (tertiary/aromatic N) is 2. The zero-order valence-electron chi connectivity index (χ0n) is 16.1. The van der Waals surface area contributed by atoms with Crippen LogP contribution >= 0.6 is 0 Å². The number of aromatic nitrogens is 2. The Hall–Kier alpha value is -2.44. The van der Waals surface area contributed by atoms with Gasteiger partial charge in [-0.1, -0.05) is 36.4 Å². The van der Waals surface area contributed by atoms with Crippen LogP contribution in [-0.2, 0) is 15.9 Å². The second-order valence-corrected chi connectivity index (χ2v) is 8.03. The minimum Gasteiger partial charge on any atom is -0.399 e. The van der Waals surface area contributed by atoms with Crippen LogP contribution in [0.3, 0.4) is 0 Å². The third kappa shape index (κ3) is 3.09. The first kappa shape index (κ1) is 18.0. The van der Waals surface area contributed by atoms with Crippen molar-refractivity contribution in [1.29, 1.82) is 0 Å². The Kier molecular flexibility index (Phi) is 4.20. The van der Waals surface area contributed by atoms with Gasteiger partial charge in [0.1, 0.15) is 6.29 Å². The molecule has 1 saturated heterocycles. The molecular weight excluding hydrogens is 339 g/mol. The van der Waals surface area contributed by atoms with Gasteiger partial charge in [0.05, 0.1) is 29.5 Å². The molecule has 27 heavy (non-hydrogen) atoms. The van der Waals surface area contributed by atoms with E-state index >= 15 is 0 Å². The molecule has 1 aliphatic rings. The van der Waals surface area contributed by atoms with E-state index in [0.717, 1.165) is 28.2 Å². The fourth-order valence-corrected chi connectivity index (χ4v) is 3.30. The van der Waals surface area contributed by atoms with E-state index in [0.29, 0.717) is 12.1 Å². The number of fused-ring (bicyclic) bond motifs is 1. The Labute approximate surface area is 159 Å². The molecule has 6 heteroatoms. The number of hydrogen-bond acceptors (Lipinski definition) is 4. The fourth-order valence-electron chi connectivity index (χ4n) is 3.30. The summed E-state index contributed by atoms with van der Waals surface area (Å²) < 4.78 is 14.4. The van der Waals surface area contributed by atoms with Crippen LogP contribution in [0.1, 0.15) is 43.6 Å². The van der Waals surface area contributed by atoms with Crippen molar-refractivity contribution in [1.82, 2.24) is 9.78 Å². The summed E-state index contributed by atoms with van der Waals surface area (Å²) in [6.45, 7) is 8.85. The average Bonchev–Trinajstić information content (AvgIpc) is 3.13. The largest absolute Gasteiger partial charge is 0.495 e. The summed E-state index contributed by atoms with van der Waals surface area (Å²) in [6.07, 6.45) is 2.72. The molecule has 1 aromatic heterocycles. The highest BCUT2D eigenvalue weighted by atomic mass is 16.7. The summed E-state index contributed by atoms with van der Waals surface area (Å²) in [5.74, 6) is 0. The first-order chi connectivity index (χ1) is 12.8. The van der Waals surface area contributed by atoms with Crippen LogP contribution < -0.4 is 5.46 Å². The van der Waals surface area contributed by atoms with E-state index in [1.54, 1.807) is 0 Å². The van der Waals surface area contributed by atoms with Gasteiger partial charge in [-0.15, -0.1) is 0 Å². The number of rotatable bonds is 4. The quantitative estimate of drug-likeness (QED) is 0.528. The van der Waals surface area contributed by atoms with Crippen LogP contribution in [0.25, 0.3) is 10.9 Å². The van der Waals surface area contributed by atoms with E-state index in [-0.39, 0.29) is 11.2 Å². The van der Waals surface area contributed by atoms with Gasteiger partial charge < -0.3 is 9.31 Å². The van der Waals surface area contributed by atoms with E-state index in [1.165, 1.54) is 0 Å². The normalized spacial score (nSPS) is 18.1. The second-order valence-electron chi connectivity index (χ2n) is 8.03. The first-order valence-corrected chi connectivity index (χ1v) is 9.15. The minimum absolute atomic E-state index is 0.379. The van der Waals surface area contributed by atoms with Crippen molar-refractivity contribution in [2.45, 2.75) is 45.4 Å². The third-order valence-electron chi connectivity index (χ3n) is 5.68. The lowest BCUT2D eigenvalue weighted by Gasteiger charge is -2.32. The molecule has 2 aromatic carbocycles. The lowest BCUT2D eigenvalue weighted by atomic mass is 9.77. The van der Waals surface area contributed by atoms with Gasteiger partial charge in [0.25, 0.3) is 0 Å². The summed E-state index contributed by atoms with van der Waals surface area (Å²) in [6, 6.07) is 13.7. The molecule has 0 unspecified atom stereocenters. The number of carbonyl (C=O) groups excluding carboxylic acids is 1. The number of aldehydes is 1. The molecule has 0 radical (unpaired) electrons. The Morgan fingerprint density at radius 2 is 1.70 bits per heavy atom. The molecule has 5 nitrogen and oxygen atoms in total. The molecule has 1 fully saturated rings.